The summed E-state index contributed by atoms with van der Waals surface area (Å²) in [5.74, 6) is -2.65. The van der Waals surface area contributed by atoms with Gasteiger partial charge in [0.05, 0.1) is 16.8 Å². The molecule has 5 rings (SSSR count). The van der Waals surface area contributed by atoms with E-state index >= 15 is 0 Å². The Bertz CT molecular complexity index is 1140. The van der Waals surface area contributed by atoms with Crippen molar-refractivity contribution in [3.05, 3.63) is 54.1 Å². The van der Waals surface area contributed by atoms with Crippen molar-refractivity contribution in [2.45, 2.75) is 57.2 Å². The lowest BCUT2D eigenvalue weighted by Gasteiger charge is -2.42. The molecule has 2 atom stereocenters. The summed E-state index contributed by atoms with van der Waals surface area (Å²) in [5, 5.41) is 15.9. The van der Waals surface area contributed by atoms with E-state index in [-0.39, 0.29) is 0 Å². The summed E-state index contributed by atoms with van der Waals surface area (Å²) in [7, 11) is 2.24. The summed E-state index contributed by atoms with van der Waals surface area (Å²) in [6.45, 7) is 4.06. The Morgan fingerprint density at radius 2 is 1.78 bits per heavy atom. The minimum atomic E-state index is -1.82. The van der Waals surface area contributed by atoms with E-state index in [9.17, 15) is 0 Å². The van der Waals surface area contributed by atoms with E-state index in [4.69, 9.17) is 29.5 Å². The van der Waals surface area contributed by atoms with Crippen molar-refractivity contribution in [3.8, 4) is 5.75 Å². The average molecular weight is 512 g/mol. The Labute approximate surface area is 215 Å². The van der Waals surface area contributed by atoms with Crippen LogP contribution in [0.15, 0.2) is 48.5 Å². The third kappa shape index (κ3) is 6.33. The van der Waals surface area contributed by atoms with Gasteiger partial charge < -0.3 is 19.8 Å². The van der Waals surface area contributed by atoms with Crippen LogP contribution in [0.2, 0.25) is 0 Å². The number of anilines is 1. The number of aliphatic carboxylic acids is 2. The lowest BCUT2D eigenvalue weighted by molar-refractivity contribution is -0.159. The van der Waals surface area contributed by atoms with Crippen LogP contribution in [0.3, 0.4) is 0 Å². The number of rotatable bonds is 7. The Kier molecular flexibility index (Phi) is 8.43. The fraction of sp³-hybridized carbons (Fsp3) is 0.444. The molecule has 36 heavy (non-hydrogen) atoms. The highest BCUT2D eigenvalue weighted by atomic mass is 32.1. The van der Waals surface area contributed by atoms with E-state index in [1.54, 1.807) is 0 Å². The Hall–Kier alpha value is -3.17. The van der Waals surface area contributed by atoms with Crippen LogP contribution >= 0.6 is 11.3 Å². The van der Waals surface area contributed by atoms with Crippen molar-refractivity contribution in [3.63, 3.8) is 0 Å². The molecule has 8 nitrogen and oxygen atoms in total. The zero-order chi connectivity index (χ0) is 25.7. The standard InChI is InChI=1S/C25H31N3OS.C2H2O4/c1-18-7-5-8-22(15-18)29-14-6-13-28-19-11-12-20(28)17-21(16-19)27(2)25-26-23-9-3-4-10-24(23)30-25;3-1(4)2(5)6/h3-5,7-10,15,19-21H,6,11-14,16-17H2,1-2H3;(H,3,4)(H,5,6). The smallest absolute Gasteiger partial charge is 0.414 e. The average Bonchev–Trinajstić information content (AvgIpc) is 3.39. The third-order valence-corrected chi connectivity index (χ3v) is 8.12. The maximum absolute atomic E-state index is 9.10. The van der Waals surface area contributed by atoms with Crippen LogP contribution in [0.4, 0.5) is 5.13 Å². The van der Waals surface area contributed by atoms with Gasteiger partial charge in [-0.3, -0.25) is 4.90 Å². The number of aryl methyl sites for hydroxylation is 1. The first-order valence-electron chi connectivity index (χ1n) is 12.3. The summed E-state index contributed by atoms with van der Waals surface area (Å²) in [6.07, 6.45) is 6.28. The van der Waals surface area contributed by atoms with Gasteiger partial charge in [0.15, 0.2) is 5.13 Å². The molecule has 3 aromatic rings. The second-order valence-corrected chi connectivity index (χ2v) is 10.5. The predicted octanol–water partition coefficient (Wildman–Crippen LogP) is 4.66. The van der Waals surface area contributed by atoms with Crippen molar-refractivity contribution in [2.75, 3.05) is 25.1 Å². The molecule has 9 heteroatoms. The number of carboxylic acid groups (broad SMARTS) is 2. The first-order chi connectivity index (χ1) is 17.3. The van der Waals surface area contributed by atoms with Crippen molar-refractivity contribution in [1.29, 1.82) is 0 Å². The summed E-state index contributed by atoms with van der Waals surface area (Å²) in [6, 6.07) is 18.9. The molecular formula is C27H33N3O5S. The zero-order valence-corrected chi connectivity index (χ0v) is 21.5. The first-order valence-corrected chi connectivity index (χ1v) is 13.1. The zero-order valence-electron chi connectivity index (χ0n) is 20.7. The van der Waals surface area contributed by atoms with E-state index in [0.717, 1.165) is 30.8 Å². The number of carboxylic acids is 2. The van der Waals surface area contributed by atoms with Crippen LogP contribution in [0.5, 0.6) is 5.75 Å². The largest absolute Gasteiger partial charge is 0.494 e. The number of nitrogens with zero attached hydrogens (tertiary/aromatic N) is 3. The fourth-order valence-electron chi connectivity index (χ4n) is 5.24. The molecule has 2 saturated heterocycles. The molecule has 192 valence electrons. The minimum absolute atomic E-state index is 0.600. The van der Waals surface area contributed by atoms with Crippen molar-refractivity contribution in [1.82, 2.24) is 9.88 Å². The van der Waals surface area contributed by atoms with Gasteiger partial charge in [0.25, 0.3) is 0 Å². The van der Waals surface area contributed by atoms with Crippen LogP contribution < -0.4 is 9.64 Å². The Morgan fingerprint density at radius 3 is 2.42 bits per heavy atom. The monoisotopic (exact) mass is 511 g/mol. The summed E-state index contributed by atoms with van der Waals surface area (Å²) in [5.41, 5.74) is 2.38. The van der Waals surface area contributed by atoms with Crippen molar-refractivity contribution < 1.29 is 24.5 Å². The molecule has 2 fully saturated rings. The molecule has 2 aliphatic heterocycles. The van der Waals surface area contributed by atoms with Crippen LogP contribution in [0.25, 0.3) is 10.2 Å². The lowest BCUT2D eigenvalue weighted by atomic mass is 9.96. The molecule has 2 aromatic carbocycles. The number of hydrogen-bond donors (Lipinski definition) is 2. The predicted molar refractivity (Wildman–Crippen MR) is 141 cm³/mol. The molecule has 2 bridgehead atoms. The molecule has 2 N–H and O–H groups in total. The first kappa shape index (κ1) is 25.9. The lowest BCUT2D eigenvalue weighted by Crippen LogP contribution is -2.50. The number of thiazole rings is 1. The molecule has 1 aromatic heterocycles. The number of ether oxygens (including phenoxy) is 1. The summed E-state index contributed by atoms with van der Waals surface area (Å²) in [4.78, 5) is 28.3. The van der Waals surface area contributed by atoms with Gasteiger partial charge in [-0.1, -0.05) is 35.6 Å². The number of fused-ring (bicyclic) bond motifs is 3. The van der Waals surface area contributed by atoms with E-state index in [2.05, 4.69) is 72.3 Å². The van der Waals surface area contributed by atoms with Gasteiger partial charge in [-0.2, -0.15) is 0 Å². The number of carbonyl (C=O) groups is 2. The number of piperidine rings is 1. The number of hydrogen-bond acceptors (Lipinski definition) is 7. The maximum atomic E-state index is 9.10. The maximum Gasteiger partial charge on any atom is 0.414 e. The van der Waals surface area contributed by atoms with Crippen molar-refractivity contribution in [2.24, 2.45) is 0 Å². The fourth-order valence-corrected chi connectivity index (χ4v) is 6.23. The molecule has 0 saturated carbocycles. The molecular weight excluding hydrogens is 478 g/mol. The highest BCUT2D eigenvalue weighted by Crippen LogP contribution is 2.39. The Morgan fingerprint density at radius 1 is 1.08 bits per heavy atom. The molecule has 0 amide bonds. The molecule has 2 unspecified atom stereocenters. The van der Waals surface area contributed by atoms with E-state index in [1.165, 1.54) is 41.1 Å². The molecule has 3 heterocycles. The summed E-state index contributed by atoms with van der Waals surface area (Å²) < 4.78 is 7.26. The minimum Gasteiger partial charge on any atom is -0.494 e. The third-order valence-electron chi connectivity index (χ3n) is 6.99. The molecule has 0 spiro atoms. The van der Waals surface area contributed by atoms with Crippen molar-refractivity contribution >= 4 is 38.6 Å². The highest BCUT2D eigenvalue weighted by Gasteiger charge is 2.41. The van der Waals surface area contributed by atoms with Gasteiger partial charge in [-0.25, -0.2) is 14.6 Å². The SMILES string of the molecule is Cc1cccc(OCCCN2C3CCC2CC(N(C)c2nc4ccccc4s2)C3)c1.O=C(O)C(=O)O. The van der Waals surface area contributed by atoms with E-state index in [1.807, 2.05) is 11.3 Å². The summed E-state index contributed by atoms with van der Waals surface area (Å²) >= 11 is 1.82. The van der Waals surface area contributed by atoms with Crippen LogP contribution in [-0.2, 0) is 9.59 Å². The number of para-hydroxylation sites is 1. The molecule has 0 radical (unpaired) electrons. The van der Waals surface area contributed by atoms with Gasteiger partial charge in [0.1, 0.15) is 5.75 Å². The van der Waals surface area contributed by atoms with Crippen LogP contribution in [-0.4, -0.2) is 70.4 Å². The second-order valence-electron chi connectivity index (χ2n) is 9.45. The van der Waals surface area contributed by atoms with Gasteiger partial charge in [0, 0.05) is 31.7 Å². The van der Waals surface area contributed by atoms with Crippen LogP contribution in [0, 0.1) is 6.92 Å². The van der Waals surface area contributed by atoms with Gasteiger partial charge in [0.2, 0.25) is 0 Å². The quantitative estimate of drug-likeness (QED) is 0.349. The topological polar surface area (TPSA) is 103 Å². The van der Waals surface area contributed by atoms with E-state index < -0.39 is 11.9 Å². The molecule has 2 aliphatic rings. The van der Waals surface area contributed by atoms with Gasteiger partial charge >= 0.3 is 11.9 Å². The normalized spacial score (nSPS) is 21.0. The second kappa shape index (κ2) is 11.7. The highest BCUT2D eigenvalue weighted by molar-refractivity contribution is 7.22. The van der Waals surface area contributed by atoms with E-state index in [0.29, 0.717) is 18.1 Å². The Balaban J connectivity index is 0.000000455. The number of aromatic nitrogens is 1. The van der Waals surface area contributed by atoms with Gasteiger partial charge in [-0.15, -0.1) is 0 Å². The molecule has 0 aliphatic carbocycles. The van der Waals surface area contributed by atoms with Gasteiger partial charge in [-0.05, 0) is 68.9 Å². The van der Waals surface area contributed by atoms with Crippen LogP contribution in [0.1, 0.15) is 37.7 Å². The number of benzene rings is 2.